The first-order valence-corrected chi connectivity index (χ1v) is 12.4. The molecule has 2 amide bonds. The van der Waals surface area contributed by atoms with Gasteiger partial charge in [0.2, 0.25) is 11.8 Å². The normalized spacial score (nSPS) is 23.1. The van der Waals surface area contributed by atoms with Crippen LogP contribution in [0.4, 0.5) is 5.69 Å². The molecule has 2 unspecified atom stereocenters. The summed E-state index contributed by atoms with van der Waals surface area (Å²) >= 11 is 0. The largest absolute Gasteiger partial charge is 0.371 e. The summed E-state index contributed by atoms with van der Waals surface area (Å²) in [6, 6.07) is 3.67. The Morgan fingerprint density at radius 1 is 1.16 bits per heavy atom. The molecule has 0 bridgehead atoms. The van der Waals surface area contributed by atoms with Crippen LogP contribution in [0.15, 0.2) is 49.4 Å². The summed E-state index contributed by atoms with van der Waals surface area (Å²) in [4.78, 5) is 46.0. The van der Waals surface area contributed by atoms with Crippen molar-refractivity contribution in [3.8, 4) is 6.07 Å². The van der Waals surface area contributed by atoms with E-state index in [1.54, 1.807) is 42.0 Å². The lowest BCUT2D eigenvalue weighted by molar-refractivity contribution is -0.141. The fourth-order valence-electron chi connectivity index (χ4n) is 5.70. The van der Waals surface area contributed by atoms with Gasteiger partial charge >= 0.3 is 0 Å². The van der Waals surface area contributed by atoms with Gasteiger partial charge in [0, 0.05) is 36.1 Å². The van der Waals surface area contributed by atoms with Crippen molar-refractivity contribution < 1.29 is 9.59 Å². The Kier molecular flexibility index (Phi) is 6.23. The van der Waals surface area contributed by atoms with E-state index in [0.717, 1.165) is 5.39 Å². The first-order valence-electron chi connectivity index (χ1n) is 12.4. The lowest BCUT2D eigenvalue weighted by Crippen LogP contribution is -2.55. The number of fused-ring (bicyclic) bond motifs is 2. The predicted octanol–water partition coefficient (Wildman–Crippen LogP) is 2.72. The van der Waals surface area contributed by atoms with Gasteiger partial charge in [-0.05, 0) is 35.3 Å². The smallest absolute Gasteiger partial charge is 0.246 e. The van der Waals surface area contributed by atoms with Gasteiger partial charge in [0.15, 0.2) is 0 Å². The Balaban J connectivity index is 1.41. The van der Waals surface area contributed by atoms with E-state index >= 15 is 0 Å². The summed E-state index contributed by atoms with van der Waals surface area (Å²) in [5.41, 5.74) is 1.72. The number of anilines is 1. The van der Waals surface area contributed by atoms with E-state index in [0.29, 0.717) is 23.3 Å². The Hall–Kier alpha value is -4.13. The van der Waals surface area contributed by atoms with Gasteiger partial charge in [-0.15, -0.1) is 0 Å². The summed E-state index contributed by atoms with van der Waals surface area (Å²) in [5, 5.41) is 16.9. The molecular weight excluding hydrogens is 468 g/mol. The molecule has 5 atom stereocenters. The van der Waals surface area contributed by atoms with Gasteiger partial charge < -0.3 is 15.5 Å². The molecule has 1 aliphatic carbocycles. The minimum Gasteiger partial charge on any atom is -0.371 e. The highest BCUT2D eigenvalue weighted by atomic mass is 16.2. The van der Waals surface area contributed by atoms with Crippen LogP contribution in [0.25, 0.3) is 10.9 Å². The Morgan fingerprint density at radius 2 is 1.92 bits per heavy atom. The second-order valence-corrected chi connectivity index (χ2v) is 10.8. The number of aromatic nitrogens is 4. The van der Waals surface area contributed by atoms with Crippen molar-refractivity contribution in [2.45, 2.75) is 45.8 Å². The van der Waals surface area contributed by atoms with Gasteiger partial charge in [-0.3, -0.25) is 19.6 Å². The summed E-state index contributed by atoms with van der Waals surface area (Å²) < 4.78 is 0. The molecule has 10 nitrogen and oxygen atoms in total. The van der Waals surface area contributed by atoms with Crippen LogP contribution < -0.4 is 10.6 Å². The number of hydrogen-bond donors (Lipinski definition) is 2. The third kappa shape index (κ3) is 4.35. The highest BCUT2D eigenvalue weighted by molar-refractivity contribution is 5.93. The molecule has 1 aliphatic heterocycles. The van der Waals surface area contributed by atoms with E-state index in [-0.39, 0.29) is 35.0 Å². The number of carbonyl (C=O) groups is 2. The number of carbonyl (C=O) groups excluding carboxylic acids is 2. The van der Waals surface area contributed by atoms with Crippen molar-refractivity contribution in [1.29, 1.82) is 5.26 Å². The van der Waals surface area contributed by atoms with Crippen molar-refractivity contribution in [2.75, 3.05) is 11.9 Å². The molecule has 2 aliphatic rings. The zero-order valence-electron chi connectivity index (χ0n) is 21.3. The molecule has 2 N–H and O–H groups in total. The second kappa shape index (κ2) is 9.39. The predicted molar refractivity (Wildman–Crippen MR) is 137 cm³/mol. The van der Waals surface area contributed by atoms with Gasteiger partial charge in [0.1, 0.15) is 24.5 Å². The first kappa shape index (κ1) is 24.6. The Morgan fingerprint density at radius 3 is 2.62 bits per heavy atom. The first-order chi connectivity index (χ1) is 17.7. The van der Waals surface area contributed by atoms with E-state index in [1.165, 1.54) is 6.33 Å². The molecule has 1 saturated carbocycles. The fraction of sp³-hybridized carbons (Fsp3) is 0.444. The molecule has 0 spiro atoms. The van der Waals surface area contributed by atoms with Crippen LogP contribution in [0, 0.1) is 34.5 Å². The zero-order chi connectivity index (χ0) is 26.3. The van der Waals surface area contributed by atoms with Crippen molar-refractivity contribution in [3.63, 3.8) is 0 Å². The molecule has 3 aromatic rings. The zero-order valence-corrected chi connectivity index (χ0v) is 21.3. The van der Waals surface area contributed by atoms with Crippen LogP contribution in [0.5, 0.6) is 0 Å². The summed E-state index contributed by atoms with van der Waals surface area (Å²) in [5.74, 6) is -0.282. The van der Waals surface area contributed by atoms with Gasteiger partial charge in [0.05, 0.1) is 29.7 Å². The van der Waals surface area contributed by atoms with Crippen molar-refractivity contribution >= 4 is 28.4 Å². The molecule has 10 heteroatoms. The highest BCUT2D eigenvalue weighted by Gasteiger charge is 2.69. The number of likely N-dealkylation sites (tertiary alicyclic amines) is 1. The summed E-state index contributed by atoms with van der Waals surface area (Å²) in [7, 11) is 0. The second-order valence-electron chi connectivity index (χ2n) is 10.8. The molecule has 2 fully saturated rings. The van der Waals surface area contributed by atoms with Gasteiger partial charge in [-0.25, -0.2) is 9.97 Å². The monoisotopic (exact) mass is 498 g/mol. The minimum absolute atomic E-state index is 0.0208. The molecule has 190 valence electrons. The van der Waals surface area contributed by atoms with Gasteiger partial charge in [0.25, 0.3) is 0 Å². The van der Waals surface area contributed by atoms with Crippen molar-refractivity contribution in [1.82, 2.24) is 30.2 Å². The third-order valence-corrected chi connectivity index (χ3v) is 7.84. The Labute approximate surface area is 215 Å². The number of nitrogens with one attached hydrogen (secondary N) is 2. The molecule has 1 saturated heterocycles. The number of rotatable bonds is 7. The van der Waals surface area contributed by atoms with Crippen LogP contribution in [0.2, 0.25) is 0 Å². The quantitative estimate of drug-likeness (QED) is 0.507. The number of nitriles is 1. The number of amides is 2. The molecule has 0 radical (unpaired) electrons. The maximum atomic E-state index is 13.8. The SMILES string of the molecule is CC(C)C(Nc1cncnc1)C(=O)N1C[C@H]2[C@@H]([C@H]1C(=O)NC(C#N)c1cncc3cccnc13)C2(C)C. The average Bonchev–Trinajstić information content (AvgIpc) is 3.22. The molecule has 37 heavy (non-hydrogen) atoms. The number of piperidine rings is 1. The number of pyridine rings is 2. The lowest BCUT2D eigenvalue weighted by Gasteiger charge is -2.34. The molecular formula is C27H30N8O2. The topological polar surface area (TPSA) is 137 Å². The van der Waals surface area contributed by atoms with Crippen LogP contribution in [0.1, 0.15) is 39.3 Å². The van der Waals surface area contributed by atoms with E-state index in [9.17, 15) is 14.9 Å². The van der Waals surface area contributed by atoms with Crippen LogP contribution in [-0.4, -0.2) is 55.3 Å². The standard InChI is InChI=1S/C27H30N8O2/c1-15(2)22(33-17-10-30-14-31-11-17)26(37)35-13-19-21(27(19,3)4)24(35)25(36)34-20(8-28)18-12-29-9-16-6-5-7-32-23(16)18/h5-7,9-12,14-15,19-22,24,33H,13H2,1-4H3,(H,34,36)/t19-,20?,21-,22?,24-/m0/s1. The van der Waals surface area contributed by atoms with E-state index in [2.05, 4.69) is 50.5 Å². The minimum atomic E-state index is -0.947. The fourth-order valence-corrected chi connectivity index (χ4v) is 5.70. The molecule has 0 aromatic carbocycles. The van der Waals surface area contributed by atoms with E-state index in [1.807, 2.05) is 19.9 Å². The molecule has 3 aromatic heterocycles. The van der Waals surface area contributed by atoms with Crippen LogP contribution in [0.3, 0.4) is 0 Å². The maximum Gasteiger partial charge on any atom is 0.246 e. The van der Waals surface area contributed by atoms with Crippen LogP contribution in [-0.2, 0) is 9.59 Å². The molecule has 4 heterocycles. The lowest BCUT2D eigenvalue weighted by atomic mass is 9.97. The van der Waals surface area contributed by atoms with E-state index < -0.39 is 18.1 Å². The third-order valence-electron chi connectivity index (χ3n) is 7.84. The average molecular weight is 499 g/mol. The van der Waals surface area contributed by atoms with Gasteiger partial charge in [-0.1, -0.05) is 27.7 Å². The highest BCUT2D eigenvalue weighted by Crippen LogP contribution is 2.65. The van der Waals surface area contributed by atoms with Gasteiger partial charge in [-0.2, -0.15) is 5.26 Å². The number of nitrogens with zero attached hydrogens (tertiary/aromatic N) is 6. The molecule has 5 rings (SSSR count). The van der Waals surface area contributed by atoms with Crippen molar-refractivity contribution in [3.05, 3.63) is 55.0 Å². The van der Waals surface area contributed by atoms with Crippen LogP contribution >= 0.6 is 0 Å². The maximum absolute atomic E-state index is 13.8. The summed E-state index contributed by atoms with van der Waals surface area (Å²) in [6.07, 6.45) is 9.55. The van der Waals surface area contributed by atoms with Crippen molar-refractivity contribution in [2.24, 2.45) is 23.2 Å². The van der Waals surface area contributed by atoms with E-state index in [4.69, 9.17) is 0 Å². The number of hydrogen-bond acceptors (Lipinski definition) is 8. The summed E-state index contributed by atoms with van der Waals surface area (Å²) in [6.45, 7) is 8.68. The Bertz CT molecular complexity index is 1360.